The Bertz CT molecular complexity index is 1640. The summed E-state index contributed by atoms with van der Waals surface area (Å²) in [5, 5.41) is 7.96. The third-order valence-electron chi connectivity index (χ3n) is 9.39. The van der Waals surface area contributed by atoms with Crippen molar-refractivity contribution in [1.29, 1.82) is 0 Å². The first kappa shape index (κ1) is 34.5. The number of benzene rings is 4. The highest BCUT2D eigenvalue weighted by molar-refractivity contribution is 5.87. The van der Waals surface area contributed by atoms with E-state index in [4.69, 9.17) is 17.2 Å². The van der Waals surface area contributed by atoms with Gasteiger partial charge < -0.3 is 32.3 Å². The van der Waals surface area contributed by atoms with Gasteiger partial charge in [-0.15, -0.1) is 0 Å². The molecule has 8 nitrogen and oxygen atoms in total. The molecule has 4 atom stereocenters. The topological polar surface area (TPSA) is 131 Å². The standard InChI is InChI=1S/C39H52N6O2/c1-27(2)20-35-26-44(38(46)36(41)23-28-13-15-30-8-3-5-10-32(30)21-28)34(12-7-18-43-19-17-40)25-45(35)39(47)37(42)24-29-14-16-31-9-4-6-11-33(31)22-29/h3-6,8-11,13-16,21-22,27,34-37,43H,7,12,17-20,23-26,40-42H2,1-2H3/t34-,35+,36?,37?/m0/s1. The van der Waals surface area contributed by atoms with Crippen molar-refractivity contribution in [2.24, 2.45) is 23.1 Å². The summed E-state index contributed by atoms with van der Waals surface area (Å²) >= 11 is 0. The molecule has 0 radical (unpaired) electrons. The molecule has 1 heterocycles. The van der Waals surface area contributed by atoms with Gasteiger partial charge in [0, 0.05) is 38.3 Å². The molecule has 1 fully saturated rings. The first-order valence-corrected chi connectivity index (χ1v) is 17.2. The maximum absolute atomic E-state index is 14.1. The number of piperazine rings is 1. The number of nitrogens with one attached hydrogen (secondary N) is 1. The molecule has 2 amide bonds. The molecule has 0 saturated carbocycles. The van der Waals surface area contributed by atoms with Crippen LogP contribution in [0, 0.1) is 5.92 Å². The van der Waals surface area contributed by atoms with E-state index >= 15 is 0 Å². The van der Waals surface area contributed by atoms with Crippen LogP contribution in [0.25, 0.3) is 21.5 Å². The highest BCUT2D eigenvalue weighted by Crippen LogP contribution is 2.26. The fraction of sp³-hybridized carbons (Fsp3) is 0.436. The zero-order chi connectivity index (χ0) is 33.3. The van der Waals surface area contributed by atoms with Crippen LogP contribution < -0.4 is 22.5 Å². The Labute approximate surface area is 279 Å². The monoisotopic (exact) mass is 636 g/mol. The van der Waals surface area contributed by atoms with Crippen molar-refractivity contribution in [3.05, 3.63) is 96.1 Å². The van der Waals surface area contributed by atoms with Crippen LogP contribution in [0.2, 0.25) is 0 Å². The third-order valence-corrected chi connectivity index (χ3v) is 9.39. The second-order valence-electron chi connectivity index (χ2n) is 13.6. The fourth-order valence-corrected chi connectivity index (χ4v) is 7.01. The smallest absolute Gasteiger partial charge is 0.240 e. The largest absolute Gasteiger partial charge is 0.335 e. The quantitative estimate of drug-likeness (QED) is 0.153. The third kappa shape index (κ3) is 8.96. The molecule has 8 heteroatoms. The molecular formula is C39H52N6O2. The molecule has 0 aromatic heterocycles. The average Bonchev–Trinajstić information content (AvgIpc) is 3.07. The summed E-state index contributed by atoms with van der Waals surface area (Å²) in [7, 11) is 0. The summed E-state index contributed by atoms with van der Waals surface area (Å²) < 4.78 is 0. The Balaban J connectivity index is 1.33. The average molecular weight is 637 g/mol. The Morgan fingerprint density at radius 1 is 0.723 bits per heavy atom. The van der Waals surface area contributed by atoms with Gasteiger partial charge in [-0.2, -0.15) is 0 Å². The minimum atomic E-state index is -0.675. The van der Waals surface area contributed by atoms with E-state index in [-0.39, 0.29) is 23.9 Å². The van der Waals surface area contributed by atoms with E-state index in [1.807, 2.05) is 34.1 Å². The maximum atomic E-state index is 14.1. The van der Waals surface area contributed by atoms with Crippen LogP contribution in [0.5, 0.6) is 0 Å². The van der Waals surface area contributed by atoms with Crippen LogP contribution in [0.3, 0.4) is 0 Å². The number of carbonyl (C=O) groups is 2. The second-order valence-corrected chi connectivity index (χ2v) is 13.6. The first-order chi connectivity index (χ1) is 22.7. The van der Waals surface area contributed by atoms with Crippen molar-refractivity contribution in [3.63, 3.8) is 0 Å². The van der Waals surface area contributed by atoms with Crippen LogP contribution in [-0.4, -0.2) is 78.5 Å². The van der Waals surface area contributed by atoms with Crippen molar-refractivity contribution in [3.8, 4) is 0 Å². The van der Waals surface area contributed by atoms with E-state index < -0.39 is 12.1 Å². The Morgan fingerprint density at radius 3 is 1.72 bits per heavy atom. The van der Waals surface area contributed by atoms with Gasteiger partial charge in [-0.3, -0.25) is 9.59 Å². The summed E-state index contributed by atoms with van der Waals surface area (Å²) in [6.45, 7) is 7.34. The normalized spacial score (nSPS) is 18.2. The predicted molar refractivity (Wildman–Crippen MR) is 193 cm³/mol. The molecule has 5 rings (SSSR count). The molecule has 0 aliphatic carbocycles. The maximum Gasteiger partial charge on any atom is 0.240 e. The molecule has 4 aromatic rings. The lowest BCUT2D eigenvalue weighted by atomic mass is 9.93. The van der Waals surface area contributed by atoms with E-state index in [1.54, 1.807) is 0 Å². The number of nitrogens with two attached hydrogens (primary N) is 3. The summed E-state index contributed by atoms with van der Waals surface area (Å²) in [5.41, 5.74) is 21.1. The number of hydrogen-bond donors (Lipinski definition) is 4. The lowest BCUT2D eigenvalue weighted by Crippen LogP contribution is -2.65. The zero-order valence-corrected chi connectivity index (χ0v) is 28.0. The molecule has 47 heavy (non-hydrogen) atoms. The van der Waals surface area contributed by atoms with Crippen LogP contribution in [-0.2, 0) is 22.4 Å². The lowest BCUT2D eigenvalue weighted by Gasteiger charge is -2.48. The SMILES string of the molecule is CC(C)C[C@@H]1CN(C(=O)C(N)Cc2ccc3ccccc3c2)[C@@H](CCCNCCN)CN1C(=O)C(N)Cc1ccc2ccccc2c1. The van der Waals surface area contributed by atoms with Gasteiger partial charge in [0.25, 0.3) is 0 Å². The molecule has 1 aliphatic heterocycles. The van der Waals surface area contributed by atoms with E-state index in [2.05, 4.69) is 79.8 Å². The molecule has 0 spiro atoms. The summed E-state index contributed by atoms with van der Waals surface area (Å²) in [4.78, 5) is 32.2. The van der Waals surface area contributed by atoms with Crippen LogP contribution >= 0.6 is 0 Å². The van der Waals surface area contributed by atoms with Crippen LogP contribution in [0.1, 0.15) is 44.2 Å². The van der Waals surface area contributed by atoms with E-state index in [0.717, 1.165) is 65.0 Å². The summed E-state index contributed by atoms with van der Waals surface area (Å²) in [5.74, 6) is 0.231. The van der Waals surface area contributed by atoms with Gasteiger partial charge in [0.2, 0.25) is 11.8 Å². The van der Waals surface area contributed by atoms with Crippen molar-refractivity contribution in [2.45, 2.75) is 70.1 Å². The molecular weight excluding hydrogens is 584 g/mol. The van der Waals surface area contributed by atoms with Gasteiger partial charge >= 0.3 is 0 Å². The second kappa shape index (κ2) is 16.3. The van der Waals surface area contributed by atoms with Gasteiger partial charge in [0.1, 0.15) is 0 Å². The molecule has 2 unspecified atom stereocenters. The van der Waals surface area contributed by atoms with E-state index in [1.165, 1.54) is 0 Å². The van der Waals surface area contributed by atoms with Crippen molar-refractivity contribution in [2.75, 3.05) is 32.7 Å². The minimum absolute atomic E-state index is 0.0531. The lowest BCUT2D eigenvalue weighted by molar-refractivity contribution is -0.149. The van der Waals surface area contributed by atoms with Gasteiger partial charge in [-0.05, 0) is 77.2 Å². The van der Waals surface area contributed by atoms with E-state index in [9.17, 15) is 9.59 Å². The highest BCUT2D eigenvalue weighted by atomic mass is 16.2. The molecule has 250 valence electrons. The Hall–Kier alpha value is -3.82. The number of rotatable bonds is 14. The number of amides is 2. The Kier molecular flexibility index (Phi) is 12.0. The number of carbonyl (C=O) groups excluding carboxylic acids is 2. The Morgan fingerprint density at radius 2 is 1.21 bits per heavy atom. The first-order valence-electron chi connectivity index (χ1n) is 17.2. The summed E-state index contributed by atoms with van der Waals surface area (Å²) in [6.07, 6.45) is 3.31. The van der Waals surface area contributed by atoms with Gasteiger partial charge in [0.15, 0.2) is 0 Å². The number of fused-ring (bicyclic) bond motifs is 2. The van der Waals surface area contributed by atoms with Crippen LogP contribution in [0.15, 0.2) is 84.9 Å². The molecule has 1 aliphatic rings. The fourth-order valence-electron chi connectivity index (χ4n) is 7.01. The van der Waals surface area contributed by atoms with Crippen molar-refractivity contribution < 1.29 is 9.59 Å². The van der Waals surface area contributed by atoms with Gasteiger partial charge in [-0.25, -0.2) is 0 Å². The predicted octanol–water partition coefficient (Wildman–Crippen LogP) is 4.22. The molecule has 0 bridgehead atoms. The number of hydrogen-bond acceptors (Lipinski definition) is 6. The molecule has 7 N–H and O–H groups in total. The van der Waals surface area contributed by atoms with Gasteiger partial charge in [-0.1, -0.05) is 98.8 Å². The minimum Gasteiger partial charge on any atom is -0.335 e. The van der Waals surface area contributed by atoms with Crippen LogP contribution in [0.4, 0.5) is 0 Å². The van der Waals surface area contributed by atoms with Crippen molar-refractivity contribution >= 4 is 33.4 Å². The van der Waals surface area contributed by atoms with Gasteiger partial charge in [0.05, 0.1) is 12.1 Å². The highest BCUT2D eigenvalue weighted by Gasteiger charge is 2.40. The van der Waals surface area contributed by atoms with E-state index in [0.29, 0.717) is 38.4 Å². The zero-order valence-electron chi connectivity index (χ0n) is 28.0. The molecule has 1 saturated heterocycles. The summed E-state index contributed by atoms with van der Waals surface area (Å²) in [6, 6.07) is 27.3. The number of nitrogens with zero attached hydrogens (tertiary/aromatic N) is 2. The molecule has 4 aromatic carbocycles. The van der Waals surface area contributed by atoms with Crippen molar-refractivity contribution in [1.82, 2.24) is 15.1 Å².